The van der Waals surface area contributed by atoms with Crippen LogP contribution in [0.4, 0.5) is 27.8 Å². The molecule has 3 N–H and O–H groups in total. The standard InChI is InChI=1S/C29H22F5N5O3/c30-19-14-39(15-19)28(41)18-4-5-21(24(31)10-18)17-3-6-22(23(9-17)29(32,33)34)27-38-13-20(42-27)12-37-26(40)8-2-16-1-7-25(35)36-11-16/h1-11,13,19H,12,14-15H2,(H2,35,36)(H,37,40). The van der Waals surface area contributed by atoms with Gasteiger partial charge in [-0.15, -0.1) is 0 Å². The van der Waals surface area contributed by atoms with Crippen LogP contribution in [0, 0.1) is 5.82 Å². The molecule has 1 fully saturated rings. The van der Waals surface area contributed by atoms with Crippen LogP contribution in [0.15, 0.2) is 71.4 Å². The van der Waals surface area contributed by atoms with Gasteiger partial charge in [0, 0.05) is 29.0 Å². The molecule has 8 nitrogen and oxygen atoms in total. The van der Waals surface area contributed by atoms with E-state index in [1.807, 2.05) is 0 Å². The van der Waals surface area contributed by atoms with E-state index < -0.39 is 35.5 Å². The molecule has 0 unspecified atom stereocenters. The van der Waals surface area contributed by atoms with Gasteiger partial charge in [-0.3, -0.25) is 9.59 Å². The van der Waals surface area contributed by atoms with Crippen LogP contribution in [-0.4, -0.2) is 45.9 Å². The molecule has 1 aliphatic heterocycles. The van der Waals surface area contributed by atoms with Crippen LogP contribution in [-0.2, 0) is 17.5 Å². The smallest absolute Gasteiger partial charge is 0.417 e. The van der Waals surface area contributed by atoms with Crippen LogP contribution in [0.1, 0.15) is 27.2 Å². The second-order valence-corrected chi connectivity index (χ2v) is 9.46. The number of amides is 2. The molecule has 1 saturated heterocycles. The van der Waals surface area contributed by atoms with Gasteiger partial charge in [-0.05, 0) is 53.6 Å². The highest BCUT2D eigenvalue weighted by molar-refractivity contribution is 5.95. The zero-order valence-corrected chi connectivity index (χ0v) is 21.7. The first kappa shape index (κ1) is 28.5. The fourth-order valence-corrected chi connectivity index (χ4v) is 4.22. The minimum atomic E-state index is -4.84. The molecule has 0 saturated carbocycles. The molecule has 0 atom stereocenters. The zero-order chi connectivity index (χ0) is 30.0. The average molecular weight is 584 g/mol. The number of nitrogens with one attached hydrogen (secondary N) is 1. The van der Waals surface area contributed by atoms with Gasteiger partial charge in [0.1, 0.15) is 23.6 Å². The Morgan fingerprint density at radius 3 is 2.48 bits per heavy atom. The van der Waals surface area contributed by atoms with Crippen molar-refractivity contribution in [2.45, 2.75) is 18.9 Å². The van der Waals surface area contributed by atoms with E-state index >= 15 is 0 Å². The summed E-state index contributed by atoms with van der Waals surface area (Å²) in [6, 6.07) is 9.79. The van der Waals surface area contributed by atoms with E-state index in [-0.39, 0.29) is 53.5 Å². The predicted octanol–water partition coefficient (Wildman–Crippen LogP) is 5.27. The van der Waals surface area contributed by atoms with Crippen LogP contribution in [0.25, 0.3) is 28.7 Å². The van der Waals surface area contributed by atoms with E-state index in [0.717, 1.165) is 18.2 Å². The number of nitrogen functional groups attached to an aromatic ring is 1. The normalized spacial score (nSPS) is 13.8. The quantitative estimate of drug-likeness (QED) is 0.227. The number of benzene rings is 2. The van der Waals surface area contributed by atoms with E-state index in [2.05, 4.69) is 15.3 Å². The van der Waals surface area contributed by atoms with Crippen molar-refractivity contribution in [2.75, 3.05) is 18.8 Å². The molecule has 0 bridgehead atoms. The lowest BCUT2D eigenvalue weighted by molar-refractivity contribution is -0.137. The van der Waals surface area contributed by atoms with Crippen molar-refractivity contribution >= 4 is 23.7 Å². The molecule has 42 heavy (non-hydrogen) atoms. The third-order valence-electron chi connectivity index (χ3n) is 6.43. The number of nitrogens with two attached hydrogens (primary N) is 1. The molecule has 5 rings (SSSR count). The average Bonchev–Trinajstić information content (AvgIpc) is 3.42. The highest BCUT2D eigenvalue weighted by Gasteiger charge is 2.36. The Bertz CT molecular complexity index is 1660. The van der Waals surface area contributed by atoms with Gasteiger partial charge < -0.3 is 20.4 Å². The summed E-state index contributed by atoms with van der Waals surface area (Å²) in [5.41, 5.74) is 4.37. The topological polar surface area (TPSA) is 114 Å². The monoisotopic (exact) mass is 583 g/mol. The number of carbonyl (C=O) groups excluding carboxylic acids is 2. The number of likely N-dealkylation sites (tertiary alicyclic amines) is 1. The SMILES string of the molecule is Nc1ccc(C=CC(=O)NCc2cnc(-c3ccc(-c4ccc(C(=O)N5CC(F)C5)cc4F)cc3C(F)(F)F)o2)cn1. The van der Waals surface area contributed by atoms with Crippen molar-refractivity contribution in [3.05, 3.63) is 95.3 Å². The summed E-state index contributed by atoms with van der Waals surface area (Å²) in [6.07, 6.45) is -0.550. The molecular formula is C29H22F5N5O3. The molecule has 2 aromatic carbocycles. The maximum Gasteiger partial charge on any atom is 0.417 e. The molecule has 216 valence electrons. The minimum Gasteiger partial charge on any atom is -0.439 e. The van der Waals surface area contributed by atoms with Crippen molar-refractivity contribution in [2.24, 2.45) is 0 Å². The number of hydrogen-bond donors (Lipinski definition) is 2. The molecule has 4 aromatic rings. The van der Waals surface area contributed by atoms with E-state index in [9.17, 15) is 31.5 Å². The van der Waals surface area contributed by atoms with Crippen LogP contribution >= 0.6 is 0 Å². The zero-order valence-electron chi connectivity index (χ0n) is 21.7. The van der Waals surface area contributed by atoms with E-state index in [4.69, 9.17) is 10.2 Å². The predicted molar refractivity (Wildman–Crippen MR) is 143 cm³/mol. The number of rotatable bonds is 7. The molecular weight excluding hydrogens is 561 g/mol. The van der Waals surface area contributed by atoms with Crippen molar-refractivity contribution in [3.63, 3.8) is 0 Å². The number of pyridine rings is 1. The number of aromatic nitrogens is 2. The largest absolute Gasteiger partial charge is 0.439 e. The molecule has 0 aliphatic carbocycles. The Morgan fingerprint density at radius 2 is 1.81 bits per heavy atom. The molecule has 13 heteroatoms. The van der Waals surface area contributed by atoms with Crippen LogP contribution in [0.2, 0.25) is 0 Å². The Kier molecular flexibility index (Phi) is 7.74. The number of hydrogen-bond acceptors (Lipinski definition) is 6. The second kappa shape index (κ2) is 11.4. The van der Waals surface area contributed by atoms with Crippen molar-refractivity contribution < 1.29 is 36.0 Å². The fourth-order valence-electron chi connectivity index (χ4n) is 4.22. The van der Waals surface area contributed by atoms with E-state index in [1.54, 1.807) is 12.1 Å². The molecule has 2 amide bonds. The summed E-state index contributed by atoms with van der Waals surface area (Å²) in [5, 5.41) is 2.54. The Morgan fingerprint density at radius 1 is 1.05 bits per heavy atom. The minimum absolute atomic E-state index is 0.0343. The van der Waals surface area contributed by atoms with Gasteiger partial charge in [-0.2, -0.15) is 13.2 Å². The van der Waals surface area contributed by atoms with Crippen molar-refractivity contribution in [1.82, 2.24) is 20.2 Å². The lowest BCUT2D eigenvalue weighted by atomic mass is 9.97. The lowest BCUT2D eigenvalue weighted by Gasteiger charge is -2.34. The van der Waals surface area contributed by atoms with Gasteiger partial charge in [0.2, 0.25) is 11.8 Å². The summed E-state index contributed by atoms with van der Waals surface area (Å²) in [6.45, 7) is -0.324. The lowest BCUT2D eigenvalue weighted by Crippen LogP contribution is -2.51. The Balaban J connectivity index is 1.32. The molecule has 1 aliphatic rings. The Hall–Kier alpha value is -5.07. The molecule has 0 spiro atoms. The van der Waals surface area contributed by atoms with Gasteiger partial charge in [0.15, 0.2) is 0 Å². The number of oxazole rings is 1. The van der Waals surface area contributed by atoms with Crippen molar-refractivity contribution in [3.8, 4) is 22.6 Å². The summed E-state index contributed by atoms with van der Waals surface area (Å²) >= 11 is 0. The summed E-state index contributed by atoms with van der Waals surface area (Å²) in [4.78, 5) is 33.5. The van der Waals surface area contributed by atoms with Gasteiger partial charge in [-0.1, -0.05) is 12.1 Å². The van der Waals surface area contributed by atoms with Gasteiger partial charge in [-0.25, -0.2) is 18.7 Å². The third kappa shape index (κ3) is 6.29. The first-order chi connectivity index (χ1) is 20.0. The van der Waals surface area contributed by atoms with Crippen LogP contribution < -0.4 is 11.1 Å². The van der Waals surface area contributed by atoms with Crippen LogP contribution in [0.3, 0.4) is 0 Å². The number of alkyl halides is 4. The highest BCUT2D eigenvalue weighted by atomic mass is 19.4. The van der Waals surface area contributed by atoms with E-state index in [0.29, 0.717) is 11.4 Å². The molecule has 3 heterocycles. The maximum absolute atomic E-state index is 14.9. The number of nitrogens with zero attached hydrogens (tertiary/aromatic N) is 3. The van der Waals surface area contributed by atoms with Gasteiger partial charge in [0.05, 0.1) is 31.4 Å². The number of halogens is 5. The number of carbonyl (C=O) groups is 2. The van der Waals surface area contributed by atoms with Gasteiger partial charge >= 0.3 is 6.18 Å². The molecule has 0 radical (unpaired) electrons. The van der Waals surface area contributed by atoms with Gasteiger partial charge in [0.25, 0.3) is 5.91 Å². The van der Waals surface area contributed by atoms with Crippen molar-refractivity contribution in [1.29, 1.82) is 0 Å². The Labute approximate surface area is 235 Å². The third-order valence-corrected chi connectivity index (χ3v) is 6.43. The van der Waals surface area contributed by atoms with Crippen LogP contribution in [0.5, 0.6) is 0 Å². The molecule has 2 aromatic heterocycles. The highest BCUT2D eigenvalue weighted by Crippen LogP contribution is 2.40. The number of anilines is 1. The fraction of sp³-hybridized carbons (Fsp3) is 0.172. The first-order valence-electron chi connectivity index (χ1n) is 12.5. The first-order valence-corrected chi connectivity index (χ1v) is 12.5. The summed E-state index contributed by atoms with van der Waals surface area (Å²) in [7, 11) is 0. The van der Waals surface area contributed by atoms with E-state index in [1.165, 1.54) is 47.6 Å². The maximum atomic E-state index is 14.9. The summed E-state index contributed by atoms with van der Waals surface area (Å²) in [5.74, 6) is -1.87. The summed E-state index contributed by atoms with van der Waals surface area (Å²) < 4.78 is 75.6. The second-order valence-electron chi connectivity index (χ2n) is 9.46.